The molecular weight excluding hydrogens is 389 g/mol. The lowest BCUT2D eigenvalue weighted by atomic mass is 9.68. The Morgan fingerprint density at radius 2 is 2.10 bits per heavy atom. The summed E-state index contributed by atoms with van der Waals surface area (Å²) in [6.45, 7) is 2.98. The number of carbonyl (C=O) groups is 2. The van der Waals surface area contributed by atoms with Crippen molar-refractivity contribution in [3.8, 4) is 0 Å². The van der Waals surface area contributed by atoms with Gasteiger partial charge in [-0.15, -0.1) is 0 Å². The zero-order chi connectivity index (χ0) is 21.3. The summed E-state index contributed by atoms with van der Waals surface area (Å²) in [5.74, 6) is -0.655. The maximum absolute atomic E-state index is 14.0. The Hall–Kier alpha value is -2.74. The van der Waals surface area contributed by atoms with E-state index in [4.69, 9.17) is 4.42 Å². The Kier molecular flexibility index (Phi) is 5.60. The number of hydrogen-bond acceptors (Lipinski definition) is 5. The zero-order valence-corrected chi connectivity index (χ0v) is 17.0. The summed E-state index contributed by atoms with van der Waals surface area (Å²) < 4.78 is 19.3. The van der Waals surface area contributed by atoms with Crippen molar-refractivity contribution in [1.82, 2.24) is 14.8 Å². The maximum atomic E-state index is 14.0. The van der Waals surface area contributed by atoms with Gasteiger partial charge in [0.25, 0.3) is 5.91 Å². The van der Waals surface area contributed by atoms with Crippen molar-refractivity contribution < 1.29 is 23.5 Å². The van der Waals surface area contributed by atoms with Crippen LogP contribution in [0.25, 0.3) is 0 Å². The Morgan fingerprint density at radius 1 is 1.30 bits per heavy atom. The van der Waals surface area contributed by atoms with E-state index in [9.17, 15) is 19.1 Å². The number of halogens is 1. The molecule has 0 saturated carbocycles. The highest BCUT2D eigenvalue weighted by molar-refractivity contribution is 5.93. The minimum atomic E-state index is -0.448. The number of fused-ring (bicyclic) bond motifs is 1. The minimum Gasteiger partial charge on any atom is -0.438 e. The molecule has 30 heavy (non-hydrogen) atoms. The summed E-state index contributed by atoms with van der Waals surface area (Å²) >= 11 is 0. The van der Waals surface area contributed by atoms with E-state index in [2.05, 4.69) is 4.98 Å². The molecule has 0 radical (unpaired) electrons. The lowest BCUT2D eigenvalue weighted by molar-refractivity contribution is -0.138. The Labute approximate surface area is 174 Å². The molecule has 2 aliphatic rings. The predicted molar refractivity (Wildman–Crippen MR) is 106 cm³/mol. The number of aliphatic hydroxyl groups excluding tert-OH is 1. The van der Waals surface area contributed by atoms with Crippen molar-refractivity contribution in [2.24, 2.45) is 5.41 Å². The van der Waals surface area contributed by atoms with Gasteiger partial charge in [0.05, 0.1) is 24.8 Å². The highest BCUT2D eigenvalue weighted by Crippen LogP contribution is 2.42. The van der Waals surface area contributed by atoms with E-state index in [1.165, 1.54) is 12.5 Å². The maximum Gasteiger partial charge on any atom is 0.291 e. The molecule has 2 amide bonds. The summed E-state index contributed by atoms with van der Waals surface area (Å²) in [6.07, 6.45) is 3.38. The SMILES string of the molecule is Cc1ncoc1C(=O)N1CCC[C@@]2(CO)CCN(C(=O)Cc3ccccc3F)C[C@H]12. The van der Waals surface area contributed by atoms with E-state index in [-0.39, 0.29) is 36.6 Å². The molecular formula is C22H26FN3O4. The number of benzene rings is 1. The van der Waals surface area contributed by atoms with Gasteiger partial charge in [-0.05, 0) is 37.8 Å². The van der Waals surface area contributed by atoms with E-state index in [1.54, 1.807) is 34.9 Å². The topological polar surface area (TPSA) is 86.9 Å². The van der Waals surface area contributed by atoms with Crippen molar-refractivity contribution in [3.63, 3.8) is 0 Å². The van der Waals surface area contributed by atoms with Gasteiger partial charge in [0.2, 0.25) is 11.7 Å². The van der Waals surface area contributed by atoms with E-state index in [1.807, 2.05) is 0 Å². The van der Waals surface area contributed by atoms with Crippen molar-refractivity contribution in [2.45, 2.75) is 38.6 Å². The molecule has 8 heteroatoms. The monoisotopic (exact) mass is 415 g/mol. The summed E-state index contributed by atoms with van der Waals surface area (Å²) in [5.41, 5.74) is 0.426. The van der Waals surface area contributed by atoms with Gasteiger partial charge in [-0.2, -0.15) is 0 Å². The molecule has 0 unspecified atom stereocenters. The molecule has 2 aliphatic heterocycles. The van der Waals surface area contributed by atoms with Crippen LogP contribution in [0.2, 0.25) is 0 Å². The fraction of sp³-hybridized carbons (Fsp3) is 0.500. The number of piperidine rings is 2. The number of amides is 2. The average Bonchev–Trinajstić information content (AvgIpc) is 3.19. The van der Waals surface area contributed by atoms with Crippen LogP contribution in [0.15, 0.2) is 35.1 Å². The lowest BCUT2D eigenvalue weighted by Crippen LogP contribution is -2.64. The van der Waals surface area contributed by atoms with Crippen LogP contribution in [0.4, 0.5) is 4.39 Å². The molecule has 2 atom stereocenters. The molecule has 1 aromatic heterocycles. The first-order valence-electron chi connectivity index (χ1n) is 10.3. The van der Waals surface area contributed by atoms with Gasteiger partial charge < -0.3 is 19.3 Å². The Bertz CT molecular complexity index is 946. The molecule has 3 heterocycles. The van der Waals surface area contributed by atoms with E-state index in [0.717, 1.165) is 12.8 Å². The summed E-state index contributed by atoms with van der Waals surface area (Å²) in [6, 6.07) is 5.93. The highest BCUT2D eigenvalue weighted by Gasteiger charge is 2.50. The van der Waals surface area contributed by atoms with Gasteiger partial charge in [-0.25, -0.2) is 9.37 Å². The second kappa shape index (κ2) is 8.18. The van der Waals surface area contributed by atoms with Crippen molar-refractivity contribution in [2.75, 3.05) is 26.2 Å². The third-order valence-corrected chi connectivity index (χ3v) is 6.60. The fourth-order valence-corrected chi connectivity index (χ4v) is 4.78. The number of likely N-dealkylation sites (tertiary alicyclic amines) is 2. The van der Waals surface area contributed by atoms with Gasteiger partial charge in [-0.1, -0.05) is 18.2 Å². The number of carbonyl (C=O) groups excluding carboxylic acids is 2. The van der Waals surface area contributed by atoms with Crippen LogP contribution in [-0.4, -0.2) is 64.0 Å². The first kappa shape index (κ1) is 20.5. The standard InChI is InChI=1S/C22H26FN3O4/c1-15-20(30-14-24-15)21(29)26-9-4-7-22(13-27)8-10-25(12-18(22)26)19(28)11-16-5-2-3-6-17(16)23/h2-3,5-6,14,18,27H,4,7-13H2,1H3/t18-,22-/m0/s1. The number of aryl methyl sites for hydroxylation is 1. The van der Waals surface area contributed by atoms with E-state index < -0.39 is 11.2 Å². The fourth-order valence-electron chi connectivity index (χ4n) is 4.78. The van der Waals surface area contributed by atoms with Gasteiger partial charge in [0.15, 0.2) is 6.39 Å². The molecule has 2 fully saturated rings. The molecule has 0 spiro atoms. The first-order chi connectivity index (χ1) is 14.4. The molecule has 0 bridgehead atoms. The van der Waals surface area contributed by atoms with E-state index >= 15 is 0 Å². The third kappa shape index (κ3) is 3.60. The number of aliphatic hydroxyl groups is 1. The van der Waals surface area contributed by atoms with Crippen LogP contribution < -0.4 is 0 Å². The lowest BCUT2D eigenvalue weighted by Gasteiger charge is -2.54. The van der Waals surface area contributed by atoms with Gasteiger partial charge in [-0.3, -0.25) is 9.59 Å². The quantitative estimate of drug-likeness (QED) is 0.827. The van der Waals surface area contributed by atoms with Gasteiger partial charge >= 0.3 is 0 Å². The first-order valence-corrected chi connectivity index (χ1v) is 10.3. The number of rotatable bonds is 4. The summed E-state index contributed by atoms with van der Waals surface area (Å²) in [5, 5.41) is 10.2. The second-order valence-corrected chi connectivity index (χ2v) is 8.26. The Morgan fingerprint density at radius 3 is 2.80 bits per heavy atom. The van der Waals surface area contributed by atoms with Crippen molar-refractivity contribution >= 4 is 11.8 Å². The average molecular weight is 415 g/mol. The molecule has 2 aromatic rings. The van der Waals surface area contributed by atoms with Crippen LogP contribution in [0.5, 0.6) is 0 Å². The highest BCUT2D eigenvalue weighted by atomic mass is 19.1. The number of hydrogen-bond donors (Lipinski definition) is 1. The van der Waals surface area contributed by atoms with Crippen LogP contribution in [0.1, 0.15) is 41.1 Å². The summed E-state index contributed by atoms with van der Waals surface area (Å²) in [7, 11) is 0. The van der Waals surface area contributed by atoms with Crippen LogP contribution in [-0.2, 0) is 11.2 Å². The summed E-state index contributed by atoms with van der Waals surface area (Å²) in [4.78, 5) is 33.5. The normalized spacial score (nSPS) is 23.9. The smallest absolute Gasteiger partial charge is 0.291 e. The van der Waals surface area contributed by atoms with Crippen molar-refractivity contribution in [3.05, 3.63) is 53.5 Å². The molecule has 0 aliphatic carbocycles. The number of oxazole rings is 1. The number of aromatic nitrogens is 1. The number of nitrogens with zero attached hydrogens (tertiary/aromatic N) is 3. The van der Waals surface area contributed by atoms with E-state index in [0.29, 0.717) is 37.3 Å². The molecule has 1 N–H and O–H groups in total. The largest absolute Gasteiger partial charge is 0.438 e. The molecule has 2 saturated heterocycles. The van der Waals surface area contributed by atoms with Crippen LogP contribution in [0, 0.1) is 18.2 Å². The molecule has 1 aromatic carbocycles. The van der Waals surface area contributed by atoms with Gasteiger partial charge in [0, 0.05) is 25.0 Å². The van der Waals surface area contributed by atoms with Crippen LogP contribution in [0.3, 0.4) is 0 Å². The van der Waals surface area contributed by atoms with Crippen LogP contribution >= 0.6 is 0 Å². The minimum absolute atomic E-state index is 0.0271. The zero-order valence-electron chi connectivity index (χ0n) is 17.0. The van der Waals surface area contributed by atoms with Crippen molar-refractivity contribution in [1.29, 1.82) is 0 Å². The molecule has 160 valence electrons. The second-order valence-electron chi connectivity index (χ2n) is 8.26. The predicted octanol–water partition coefficient (Wildman–Crippen LogP) is 2.18. The Balaban J connectivity index is 1.56. The van der Waals surface area contributed by atoms with Gasteiger partial charge in [0.1, 0.15) is 5.82 Å². The molecule has 7 nitrogen and oxygen atoms in total. The third-order valence-electron chi connectivity index (χ3n) is 6.60. The molecule has 4 rings (SSSR count).